The third-order valence-electron chi connectivity index (χ3n) is 14.3. The molecule has 0 bridgehead atoms. The van der Waals surface area contributed by atoms with Gasteiger partial charge in [-0.2, -0.15) is 8.62 Å². The highest BCUT2D eigenvalue weighted by Crippen LogP contribution is 2.66. The third kappa shape index (κ3) is 17.9. The van der Waals surface area contributed by atoms with Crippen LogP contribution in [0.3, 0.4) is 0 Å². The maximum absolute atomic E-state index is 15.4. The monoisotopic (exact) mass is 1480 g/mol. The molecule has 9 heterocycles. The van der Waals surface area contributed by atoms with Crippen LogP contribution in [0.25, 0.3) is 33.5 Å². The predicted octanol–water partition coefficient (Wildman–Crippen LogP) is 1.59. The van der Waals surface area contributed by atoms with Gasteiger partial charge in [0.25, 0.3) is 0 Å². The molecular formula is C48H70N15O29P5. The number of carbonyl (C=O) groups excluding carboxylic acids is 3. The number of hydrogen-bond acceptors (Lipinski definition) is 35. The van der Waals surface area contributed by atoms with Gasteiger partial charge in [-0.05, 0) is 62.3 Å². The average Bonchev–Trinajstić information content (AvgIpc) is 1.61. The molecule has 3 fully saturated rings. The van der Waals surface area contributed by atoms with E-state index in [2.05, 4.69) is 53.5 Å². The van der Waals surface area contributed by atoms with E-state index in [0.29, 0.717) is 0 Å². The molecule has 0 radical (unpaired) electrons. The third-order valence-corrected chi connectivity index (χ3v) is 20.9. The Labute approximate surface area is 547 Å². The van der Waals surface area contributed by atoms with Crippen LogP contribution in [0.4, 0.5) is 17.5 Å². The smallest absolute Gasteiger partial charge is 0.438 e. The number of nitrogens with two attached hydrogens (primary N) is 3. The zero-order chi connectivity index (χ0) is 71.3. The Kier molecular flexibility index (Phi) is 22.1. The van der Waals surface area contributed by atoms with Crippen LogP contribution in [0.1, 0.15) is 81.0 Å². The van der Waals surface area contributed by atoms with Gasteiger partial charge in [0.2, 0.25) is 0 Å². The molecule has 9 rings (SSSR count). The van der Waals surface area contributed by atoms with Crippen LogP contribution in [0, 0.1) is 16.2 Å². The highest BCUT2D eigenvalue weighted by Gasteiger charge is 2.58. The van der Waals surface area contributed by atoms with E-state index in [1.807, 2.05) is 0 Å². The van der Waals surface area contributed by atoms with Crippen LogP contribution in [0.15, 0.2) is 38.0 Å². The fourth-order valence-electron chi connectivity index (χ4n) is 9.78. The number of aliphatic hydroxyl groups is 1. The maximum Gasteiger partial charge on any atom is 0.490 e. The van der Waals surface area contributed by atoms with Crippen molar-refractivity contribution in [2.45, 2.75) is 136 Å². The van der Waals surface area contributed by atoms with Gasteiger partial charge in [-0.15, -0.1) is 0 Å². The molecule has 97 heavy (non-hydrogen) atoms. The van der Waals surface area contributed by atoms with Crippen LogP contribution in [0.2, 0.25) is 0 Å². The summed E-state index contributed by atoms with van der Waals surface area (Å²) in [6.07, 6.45) is -18.2. The minimum absolute atomic E-state index is 0.0474. The van der Waals surface area contributed by atoms with Crippen molar-refractivity contribution in [3.63, 3.8) is 0 Å². The summed E-state index contributed by atoms with van der Waals surface area (Å²) in [5.74, 6) is -2.90. The van der Waals surface area contributed by atoms with E-state index in [0.717, 1.165) is 40.8 Å². The number of fused-ring (bicyclic) bond motifs is 3. The molecule has 0 amide bonds. The Morgan fingerprint density at radius 2 is 0.814 bits per heavy atom. The highest BCUT2D eigenvalue weighted by atomic mass is 31.3. The maximum atomic E-state index is 15.4. The van der Waals surface area contributed by atoms with Gasteiger partial charge >= 0.3 is 56.6 Å². The average molecular weight is 1480 g/mol. The Balaban J connectivity index is 1.09. The van der Waals surface area contributed by atoms with Crippen molar-refractivity contribution in [1.29, 1.82) is 0 Å². The lowest BCUT2D eigenvalue weighted by molar-refractivity contribution is -0.176. The Morgan fingerprint density at radius 3 is 1.20 bits per heavy atom. The Bertz CT molecular complexity index is 4140. The van der Waals surface area contributed by atoms with Crippen molar-refractivity contribution in [1.82, 2.24) is 58.6 Å². The summed E-state index contributed by atoms with van der Waals surface area (Å²) in [7, 11) is -29.0. The van der Waals surface area contributed by atoms with Crippen molar-refractivity contribution < 1.29 is 137 Å². The minimum Gasteiger partial charge on any atom is -0.438 e. The summed E-state index contributed by atoms with van der Waals surface area (Å²) in [5, 5.41) is 12.0. The van der Waals surface area contributed by atoms with Gasteiger partial charge in [-0.3, -0.25) is 50.8 Å². The van der Waals surface area contributed by atoms with Crippen LogP contribution in [-0.2, 0) is 102 Å². The summed E-state index contributed by atoms with van der Waals surface area (Å²) in [6, 6.07) is 0. The number of anilines is 3. The fraction of sp³-hybridized carbons (Fsp3) is 0.625. The second kappa shape index (κ2) is 28.5. The van der Waals surface area contributed by atoms with Crippen molar-refractivity contribution in [3.05, 3.63) is 38.0 Å². The van der Waals surface area contributed by atoms with E-state index in [9.17, 15) is 52.8 Å². The molecule has 49 heteroatoms. The first-order chi connectivity index (χ1) is 44.9. The molecule has 3 aliphatic heterocycles. The van der Waals surface area contributed by atoms with Crippen molar-refractivity contribution in [2.24, 2.45) is 16.2 Å². The number of imidazole rings is 3. The molecule has 3 saturated heterocycles. The molecule has 4 unspecified atom stereocenters. The SMILES string of the molecule is CC(C)(C)C(=O)OCO[C@H]1[C@@H](O)[C@H](n2cnc3c(N)ncnc32)O[C@@H]1CP(=O)(O)O[C@@H]1[C@H](OCOC(=O)C(C)(C)C)[C@@H](CP(=O)(O)O[C@@H]2[C@H](OCOC(=O)C(C)(C)C)[C@@H](COP(=O)(O)OP(=O)(O)OP(=O)(O)O)O[C@H]2n2cnc3c(N)ncnc32)O[C@H]1n1cnc2c(N)ncnc21. The number of hydrogen-bond donors (Lipinski definition) is 10. The van der Waals surface area contributed by atoms with E-state index >= 15 is 9.13 Å². The molecule has 0 spiro atoms. The van der Waals surface area contributed by atoms with E-state index in [1.54, 1.807) is 20.8 Å². The lowest BCUT2D eigenvalue weighted by atomic mass is 9.97. The number of phosphoric acid groups is 3. The molecule has 0 aromatic carbocycles. The zero-order valence-electron chi connectivity index (χ0n) is 52.6. The number of aliphatic hydroxyl groups excluding tert-OH is 1. The van der Waals surface area contributed by atoms with Gasteiger partial charge in [-0.1, -0.05) is 0 Å². The summed E-state index contributed by atoms with van der Waals surface area (Å²) in [6.45, 7) is 9.39. The van der Waals surface area contributed by atoms with Crippen LogP contribution >= 0.6 is 38.7 Å². The second-order valence-electron chi connectivity index (χ2n) is 24.9. The normalized spacial score (nSPS) is 26.8. The zero-order valence-corrected chi connectivity index (χ0v) is 57.1. The Hall–Kier alpha value is -6.11. The summed E-state index contributed by atoms with van der Waals surface area (Å²) in [5.41, 5.74) is 14.6. The second-order valence-corrected chi connectivity index (χ2v) is 33.0. The molecule has 16 atom stereocenters. The van der Waals surface area contributed by atoms with E-state index in [-0.39, 0.29) is 50.9 Å². The van der Waals surface area contributed by atoms with Crippen molar-refractivity contribution in [2.75, 3.05) is 56.5 Å². The Morgan fingerprint density at radius 1 is 0.474 bits per heavy atom. The van der Waals surface area contributed by atoms with Crippen LogP contribution in [0.5, 0.6) is 0 Å². The quantitative estimate of drug-likeness (QED) is 0.0151. The number of ether oxygens (including phenoxy) is 9. The minimum atomic E-state index is -6.12. The molecule has 6 aromatic rings. The first-order valence-electron chi connectivity index (χ1n) is 28.5. The van der Waals surface area contributed by atoms with Crippen molar-refractivity contribution in [3.8, 4) is 0 Å². The van der Waals surface area contributed by atoms with Crippen molar-refractivity contribution >= 4 is 108 Å². The number of phosphoric ester groups is 1. The van der Waals surface area contributed by atoms with Gasteiger partial charge < -0.3 is 94.3 Å². The standard InChI is InChI=1S/C48H70N15O29P5/c1-46(2,3)43(65)82-19-79-29-23(87-40(28(29)64)61-16-58-25-34(49)52-13-55-37(25)61)11-93(68,69)90-33-31(81-21-84-45(67)48(7,8)9)24(88-42(33)63-18-60-27-36(51)54-15-57-39(27)63)12-94(70,71)89-32-30(80-20-83-44(66)47(4,5)6)22(10-85-96(75,76)92-97(77,78)91-95(72,73)74)86-41(32)62-17-59-26-35(50)53-14-56-38(26)62/h13-18,22-24,28-33,40-42,64H,10-12,19-21H2,1-9H3,(H,68,69)(H,70,71)(H,75,76)(H,77,78)(H2,49,52,55)(H2,50,53,56)(H2,51,54,57)(H2,72,73,74)/t22-,23-,24-,28-,29-,30-,31-,32-,33-,40-,41-,42-/m1/s1. The first-order valence-corrected chi connectivity index (χ1v) is 36.6. The first kappa shape index (κ1) is 75.1. The topological polar surface area (TPSA) is 616 Å². The van der Waals surface area contributed by atoms with Crippen LogP contribution < -0.4 is 17.2 Å². The predicted molar refractivity (Wildman–Crippen MR) is 322 cm³/mol. The number of rotatable bonds is 27. The van der Waals surface area contributed by atoms with E-state index in [4.69, 9.17) is 83.2 Å². The van der Waals surface area contributed by atoms with Crippen LogP contribution in [-0.4, -0.2) is 205 Å². The molecule has 6 aromatic heterocycles. The lowest BCUT2D eigenvalue weighted by Gasteiger charge is -2.30. The molecule has 44 nitrogen and oxygen atoms in total. The van der Waals surface area contributed by atoms with Gasteiger partial charge in [0, 0.05) is 0 Å². The molecule has 13 N–H and O–H groups in total. The molecule has 0 saturated carbocycles. The number of nitrogen functional groups attached to an aromatic ring is 3. The fourth-order valence-corrected chi connectivity index (χ4v) is 15.7. The molecule has 0 aliphatic carbocycles. The van der Waals surface area contributed by atoms with Gasteiger partial charge in [-0.25, -0.2) is 58.6 Å². The van der Waals surface area contributed by atoms with E-state index < -0.39 is 186 Å². The van der Waals surface area contributed by atoms with Gasteiger partial charge in [0.15, 0.2) is 73.5 Å². The number of aromatic nitrogens is 12. The van der Waals surface area contributed by atoms with E-state index in [1.165, 1.54) is 52.4 Å². The largest absolute Gasteiger partial charge is 0.490 e. The summed E-state index contributed by atoms with van der Waals surface area (Å²) in [4.78, 5) is 140. The summed E-state index contributed by atoms with van der Waals surface area (Å²) >= 11 is 0. The molecule has 3 aliphatic rings. The lowest BCUT2D eigenvalue weighted by Crippen LogP contribution is -2.41. The molecule has 536 valence electrons. The number of carbonyl (C=O) groups is 3. The summed E-state index contributed by atoms with van der Waals surface area (Å²) < 4.78 is 149. The highest BCUT2D eigenvalue weighted by molar-refractivity contribution is 7.66. The number of esters is 3. The van der Waals surface area contributed by atoms with Gasteiger partial charge in [0.1, 0.15) is 90.5 Å². The van der Waals surface area contributed by atoms with Gasteiger partial charge in [0.05, 0.1) is 54.2 Å². The number of nitrogens with zero attached hydrogens (tertiary/aromatic N) is 12. The molecular weight excluding hydrogens is 1410 g/mol.